The van der Waals surface area contributed by atoms with Crippen LogP contribution in [0.1, 0.15) is 24.8 Å². The maximum absolute atomic E-state index is 11.9. The average Bonchev–Trinajstić information content (AvgIpc) is 2.82. The highest BCUT2D eigenvalue weighted by Crippen LogP contribution is 2.27. The smallest absolute Gasteiger partial charge is 0.261 e. The lowest BCUT2D eigenvalue weighted by Crippen LogP contribution is -2.37. The highest BCUT2D eigenvalue weighted by molar-refractivity contribution is 9.09. The minimum Gasteiger partial charge on any atom is -0.480 e. The van der Waals surface area contributed by atoms with Gasteiger partial charge in [0.2, 0.25) is 0 Å². The molecule has 18 heavy (non-hydrogen) atoms. The fraction of sp³-hybridized carbons (Fsp3) is 0.500. The SMILES string of the molecule is O=C(NCCCCCBr)C1Cc2ccccc2O1. The van der Waals surface area contributed by atoms with E-state index in [0.717, 1.165) is 42.5 Å². The fourth-order valence-corrected chi connectivity index (χ4v) is 2.45. The molecule has 3 nitrogen and oxygen atoms in total. The number of amides is 1. The van der Waals surface area contributed by atoms with Crippen LogP contribution >= 0.6 is 15.9 Å². The standard InChI is InChI=1S/C14H18BrNO2/c15-8-4-1-5-9-16-14(17)13-10-11-6-2-3-7-12(11)18-13/h2-3,6-7,13H,1,4-5,8-10H2,(H,16,17). The first-order valence-corrected chi connectivity index (χ1v) is 7.51. The predicted molar refractivity (Wildman–Crippen MR) is 75.2 cm³/mol. The van der Waals surface area contributed by atoms with Crippen LogP contribution in [-0.4, -0.2) is 23.9 Å². The number of unbranched alkanes of at least 4 members (excludes halogenated alkanes) is 2. The molecule has 0 fully saturated rings. The normalized spacial score (nSPS) is 17.1. The molecule has 1 aliphatic heterocycles. The van der Waals surface area contributed by atoms with Gasteiger partial charge < -0.3 is 10.1 Å². The van der Waals surface area contributed by atoms with Crippen molar-refractivity contribution in [3.05, 3.63) is 29.8 Å². The van der Waals surface area contributed by atoms with Crippen LogP contribution in [0.15, 0.2) is 24.3 Å². The second-order valence-corrected chi connectivity index (χ2v) is 5.25. The summed E-state index contributed by atoms with van der Waals surface area (Å²) in [5, 5.41) is 3.97. The van der Waals surface area contributed by atoms with Crippen molar-refractivity contribution < 1.29 is 9.53 Å². The summed E-state index contributed by atoms with van der Waals surface area (Å²) in [5.41, 5.74) is 1.12. The summed E-state index contributed by atoms with van der Waals surface area (Å²) in [7, 11) is 0. The largest absolute Gasteiger partial charge is 0.480 e. The topological polar surface area (TPSA) is 38.3 Å². The molecule has 1 aromatic carbocycles. The summed E-state index contributed by atoms with van der Waals surface area (Å²) in [5.74, 6) is 0.849. The van der Waals surface area contributed by atoms with Gasteiger partial charge in [0.25, 0.3) is 5.91 Å². The second kappa shape index (κ2) is 6.78. The third-order valence-electron chi connectivity index (χ3n) is 3.05. The number of halogens is 1. The van der Waals surface area contributed by atoms with E-state index >= 15 is 0 Å². The van der Waals surface area contributed by atoms with Gasteiger partial charge in [-0.15, -0.1) is 0 Å². The van der Waals surface area contributed by atoms with Crippen molar-refractivity contribution >= 4 is 21.8 Å². The van der Waals surface area contributed by atoms with Gasteiger partial charge in [0, 0.05) is 18.3 Å². The Morgan fingerprint density at radius 1 is 1.33 bits per heavy atom. The maximum atomic E-state index is 11.9. The lowest BCUT2D eigenvalue weighted by Gasteiger charge is -2.11. The van der Waals surface area contributed by atoms with Gasteiger partial charge in [-0.1, -0.05) is 40.5 Å². The van der Waals surface area contributed by atoms with Gasteiger partial charge in [-0.25, -0.2) is 0 Å². The minimum atomic E-state index is -0.349. The molecule has 1 N–H and O–H groups in total. The summed E-state index contributed by atoms with van der Waals surface area (Å²) in [4.78, 5) is 11.9. The molecule has 0 aliphatic carbocycles. The number of carbonyl (C=O) groups is 1. The molecule has 1 aliphatic rings. The van der Waals surface area contributed by atoms with E-state index in [1.807, 2.05) is 24.3 Å². The van der Waals surface area contributed by atoms with Crippen LogP contribution in [0.5, 0.6) is 5.75 Å². The summed E-state index contributed by atoms with van der Waals surface area (Å²) < 4.78 is 5.63. The molecule has 0 bridgehead atoms. The van der Waals surface area contributed by atoms with E-state index in [-0.39, 0.29) is 12.0 Å². The molecular weight excluding hydrogens is 294 g/mol. The number of nitrogens with one attached hydrogen (secondary N) is 1. The zero-order valence-electron chi connectivity index (χ0n) is 10.3. The van der Waals surface area contributed by atoms with Crippen molar-refractivity contribution in [2.75, 3.05) is 11.9 Å². The van der Waals surface area contributed by atoms with Crippen LogP contribution < -0.4 is 10.1 Å². The highest BCUT2D eigenvalue weighted by atomic mass is 79.9. The molecule has 1 atom stereocenters. The van der Waals surface area contributed by atoms with E-state index < -0.39 is 0 Å². The number of rotatable bonds is 6. The second-order valence-electron chi connectivity index (χ2n) is 4.46. The van der Waals surface area contributed by atoms with Gasteiger partial charge in [0.1, 0.15) is 5.75 Å². The maximum Gasteiger partial charge on any atom is 0.261 e. The summed E-state index contributed by atoms with van der Waals surface area (Å²) in [6.45, 7) is 0.738. The Morgan fingerprint density at radius 3 is 2.94 bits per heavy atom. The van der Waals surface area contributed by atoms with E-state index in [2.05, 4.69) is 21.2 Å². The average molecular weight is 312 g/mol. The van der Waals surface area contributed by atoms with Gasteiger partial charge >= 0.3 is 0 Å². The van der Waals surface area contributed by atoms with Crippen molar-refractivity contribution in [3.8, 4) is 5.75 Å². The van der Waals surface area contributed by atoms with Gasteiger partial charge in [0.15, 0.2) is 6.10 Å². The lowest BCUT2D eigenvalue weighted by molar-refractivity contribution is -0.127. The van der Waals surface area contributed by atoms with Crippen molar-refractivity contribution in [3.63, 3.8) is 0 Å². The lowest BCUT2D eigenvalue weighted by atomic mass is 10.1. The van der Waals surface area contributed by atoms with Crippen LogP contribution in [0.3, 0.4) is 0 Å². The number of fused-ring (bicyclic) bond motifs is 1. The number of benzene rings is 1. The zero-order valence-corrected chi connectivity index (χ0v) is 11.9. The molecule has 1 heterocycles. The summed E-state index contributed by atoms with van der Waals surface area (Å²) >= 11 is 3.39. The van der Waals surface area contributed by atoms with Crippen LogP contribution in [-0.2, 0) is 11.2 Å². The quantitative estimate of drug-likeness (QED) is 0.648. The number of hydrogen-bond donors (Lipinski definition) is 1. The van der Waals surface area contributed by atoms with Crippen LogP contribution in [0.25, 0.3) is 0 Å². The highest BCUT2D eigenvalue weighted by Gasteiger charge is 2.28. The van der Waals surface area contributed by atoms with Crippen molar-refractivity contribution in [2.24, 2.45) is 0 Å². The molecule has 0 aromatic heterocycles. The molecule has 98 valence electrons. The van der Waals surface area contributed by atoms with E-state index in [1.54, 1.807) is 0 Å². The molecule has 0 radical (unpaired) electrons. The molecule has 0 spiro atoms. The Hall–Kier alpha value is -1.03. The van der Waals surface area contributed by atoms with Gasteiger partial charge in [-0.3, -0.25) is 4.79 Å². The molecule has 4 heteroatoms. The monoisotopic (exact) mass is 311 g/mol. The van der Waals surface area contributed by atoms with E-state index in [1.165, 1.54) is 0 Å². The van der Waals surface area contributed by atoms with Crippen molar-refractivity contribution in [2.45, 2.75) is 31.8 Å². The van der Waals surface area contributed by atoms with Crippen LogP contribution in [0, 0.1) is 0 Å². The molecule has 0 saturated carbocycles. The molecule has 0 saturated heterocycles. The van der Waals surface area contributed by atoms with E-state index in [0.29, 0.717) is 6.42 Å². The Morgan fingerprint density at radius 2 is 2.17 bits per heavy atom. The number of para-hydroxylation sites is 1. The number of carbonyl (C=O) groups excluding carboxylic acids is 1. The first-order chi connectivity index (χ1) is 8.81. The molecule has 1 amide bonds. The van der Waals surface area contributed by atoms with E-state index in [9.17, 15) is 4.79 Å². The number of ether oxygens (including phenoxy) is 1. The Labute approximate surface area is 116 Å². The molecule has 1 unspecified atom stereocenters. The zero-order chi connectivity index (χ0) is 12.8. The Balaban J connectivity index is 1.72. The van der Waals surface area contributed by atoms with Gasteiger partial charge in [0.05, 0.1) is 0 Å². The first kappa shape index (κ1) is 13.4. The number of hydrogen-bond acceptors (Lipinski definition) is 2. The summed E-state index contributed by atoms with van der Waals surface area (Å²) in [6, 6.07) is 7.83. The van der Waals surface area contributed by atoms with Gasteiger partial charge in [-0.2, -0.15) is 0 Å². The molecular formula is C14H18BrNO2. The number of alkyl halides is 1. The van der Waals surface area contributed by atoms with Crippen LogP contribution in [0.2, 0.25) is 0 Å². The molecule has 2 rings (SSSR count). The first-order valence-electron chi connectivity index (χ1n) is 6.39. The Kier molecular flexibility index (Phi) is 5.05. The Bertz CT molecular complexity index is 384. The van der Waals surface area contributed by atoms with E-state index in [4.69, 9.17) is 4.74 Å². The fourth-order valence-electron chi connectivity index (χ4n) is 2.05. The molecule has 1 aromatic rings. The third-order valence-corrected chi connectivity index (χ3v) is 3.61. The van der Waals surface area contributed by atoms with Crippen molar-refractivity contribution in [1.82, 2.24) is 5.32 Å². The minimum absolute atomic E-state index is 0.00467. The van der Waals surface area contributed by atoms with Gasteiger partial charge in [-0.05, 0) is 24.5 Å². The third kappa shape index (κ3) is 3.48. The van der Waals surface area contributed by atoms with Crippen molar-refractivity contribution in [1.29, 1.82) is 0 Å². The van der Waals surface area contributed by atoms with Crippen LogP contribution in [0.4, 0.5) is 0 Å². The summed E-state index contributed by atoms with van der Waals surface area (Å²) in [6.07, 6.45) is 3.65. The predicted octanol–water partition coefficient (Wildman–Crippen LogP) is 2.67.